The predicted octanol–water partition coefficient (Wildman–Crippen LogP) is 4.75. The van der Waals surface area contributed by atoms with E-state index in [0.29, 0.717) is 26.7 Å². The molecule has 2 N–H and O–H groups in total. The summed E-state index contributed by atoms with van der Waals surface area (Å²) >= 11 is 2.57. The summed E-state index contributed by atoms with van der Waals surface area (Å²) in [6, 6.07) is 14.5. The van der Waals surface area contributed by atoms with E-state index in [-0.39, 0.29) is 23.1 Å². The molecule has 0 atom stereocenters. The van der Waals surface area contributed by atoms with Crippen LogP contribution in [0.5, 0.6) is 0 Å². The van der Waals surface area contributed by atoms with Gasteiger partial charge in [-0.2, -0.15) is 0 Å². The van der Waals surface area contributed by atoms with Crippen LogP contribution in [0.2, 0.25) is 0 Å². The van der Waals surface area contributed by atoms with Crippen LogP contribution in [-0.2, 0) is 9.59 Å². The maximum absolute atomic E-state index is 13.2. The van der Waals surface area contributed by atoms with E-state index < -0.39 is 0 Å². The molecule has 0 bridgehead atoms. The summed E-state index contributed by atoms with van der Waals surface area (Å²) in [5, 5.41) is 7.82. The number of thiophene rings is 1. The Morgan fingerprint density at radius 1 is 1.00 bits per heavy atom. The van der Waals surface area contributed by atoms with Crippen molar-refractivity contribution in [2.24, 2.45) is 0 Å². The average Bonchev–Trinajstić information content (AvgIpc) is 3.24. The predicted molar refractivity (Wildman–Crippen MR) is 135 cm³/mol. The van der Waals surface area contributed by atoms with Gasteiger partial charge in [0.25, 0.3) is 5.56 Å². The number of carbonyl (C=O) groups is 2. The maximum atomic E-state index is 13.2. The van der Waals surface area contributed by atoms with Gasteiger partial charge in [-0.25, -0.2) is 4.98 Å². The number of anilines is 2. The lowest BCUT2D eigenvalue weighted by Crippen LogP contribution is -2.22. The fourth-order valence-electron chi connectivity index (χ4n) is 3.25. The van der Waals surface area contributed by atoms with Crippen molar-refractivity contribution in [3.8, 4) is 5.69 Å². The number of hydrogen-bond donors (Lipinski definition) is 2. The van der Waals surface area contributed by atoms with Gasteiger partial charge >= 0.3 is 0 Å². The number of nitrogens with one attached hydrogen (secondary N) is 2. The van der Waals surface area contributed by atoms with Crippen LogP contribution < -0.4 is 16.2 Å². The third-order valence-corrected chi connectivity index (χ3v) is 6.85. The number of thioether (sulfide) groups is 1. The van der Waals surface area contributed by atoms with Crippen LogP contribution in [0.4, 0.5) is 11.4 Å². The highest BCUT2D eigenvalue weighted by molar-refractivity contribution is 7.99. The Bertz CT molecular complexity index is 1410. The Morgan fingerprint density at radius 3 is 2.36 bits per heavy atom. The zero-order valence-corrected chi connectivity index (χ0v) is 20.0. The number of carbonyl (C=O) groups excluding carboxylic acids is 2. The number of aryl methyl sites for hydroxylation is 2. The summed E-state index contributed by atoms with van der Waals surface area (Å²) in [5.74, 6) is -0.299. The Labute approximate surface area is 198 Å². The first kappa shape index (κ1) is 22.8. The topological polar surface area (TPSA) is 93.1 Å². The summed E-state index contributed by atoms with van der Waals surface area (Å²) in [6.45, 7) is 5.45. The quantitative estimate of drug-likeness (QED) is 0.308. The van der Waals surface area contributed by atoms with E-state index in [9.17, 15) is 14.4 Å². The Morgan fingerprint density at radius 2 is 1.70 bits per heavy atom. The van der Waals surface area contributed by atoms with Crippen LogP contribution >= 0.6 is 23.1 Å². The van der Waals surface area contributed by atoms with Crippen LogP contribution in [0.15, 0.2) is 63.9 Å². The molecule has 7 nitrogen and oxygen atoms in total. The van der Waals surface area contributed by atoms with Crippen LogP contribution in [0.25, 0.3) is 15.9 Å². The lowest BCUT2D eigenvalue weighted by Gasteiger charge is -2.13. The number of benzene rings is 2. The molecule has 0 radical (unpaired) electrons. The first-order valence-electron chi connectivity index (χ1n) is 10.2. The highest BCUT2D eigenvalue weighted by atomic mass is 32.2. The molecule has 0 saturated heterocycles. The highest BCUT2D eigenvalue weighted by Crippen LogP contribution is 2.25. The van der Waals surface area contributed by atoms with Gasteiger partial charge in [0.2, 0.25) is 11.8 Å². The van der Waals surface area contributed by atoms with Crippen molar-refractivity contribution in [2.75, 3.05) is 16.4 Å². The van der Waals surface area contributed by atoms with Crippen LogP contribution in [0, 0.1) is 13.8 Å². The zero-order chi connectivity index (χ0) is 23.5. The molecule has 0 unspecified atom stereocenters. The molecule has 0 saturated carbocycles. The summed E-state index contributed by atoms with van der Waals surface area (Å²) in [5.41, 5.74) is 4.68. The lowest BCUT2D eigenvalue weighted by atomic mass is 10.1. The number of fused-ring (bicyclic) bond motifs is 1. The molecular formula is C24H22N4O3S2. The molecule has 0 aliphatic heterocycles. The van der Waals surface area contributed by atoms with E-state index in [1.165, 1.54) is 30.0 Å². The van der Waals surface area contributed by atoms with E-state index in [1.54, 1.807) is 28.8 Å². The second-order valence-electron chi connectivity index (χ2n) is 7.53. The van der Waals surface area contributed by atoms with Crippen LogP contribution in [0.3, 0.4) is 0 Å². The van der Waals surface area contributed by atoms with Gasteiger partial charge in [0.1, 0.15) is 4.70 Å². The Hall–Kier alpha value is -3.43. The van der Waals surface area contributed by atoms with E-state index in [4.69, 9.17) is 0 Å². The molecule has 2 heterocycles. The first-order valence-corrected chi connectivity index (χ1v) is 12.1. The smallest absolute Gasteiger partial charge is 0.276 e. The Balaban J connectivity index is 1.56. The van der Waals surface area contributed by atoms with Gasteiger partial charge in [0, 0.05) is 18.3 Å². The SMILES string of the molecule is CC(=O)Nc1ccc(NC(=O)CSc2nc3ccsc3c(=O)n2-c2ccc(C)c(C)c2)cc1. The van der Waals surface area contributed by atoms with Gasteiger partial charge in [-0.05, 0) is 72.8 Å². The normalized spacial score (nSPS) is 10.9. The first-order chi connectivity index (χ1) is 15.8. The molecule has 0 aliphatic carbocycles. The second-order valence-corrected chi connectivity index (χ2v) is 9.39. The summed E-state index contributed by atoms with van der Waals surface area (Å²) in [7, 11) is 0. The molecule has 0 aliphatic rings. The van der Waals surface area contributed by atoms with E-state index in [0.717, 1.165) is 16.8 Å². The molecule has 9 heteroatoms. The zero-order valence-electron chi connectivity index (χ0n) is 18.3. The Kier molecular flexibility index (Phi) is 6.62. The third-order valence-electron chi connectivity index (χ3n) is 5.02. The van der Waals surface area contributed by atoms with Crippen LogP contribution in [0.1, 0.15) is 18.1 Å². The number of nitrogens with zero attached hydrogens (tertiary/aromatic N) is 2. The molecule has 0 fully saturated rings. The molecule has 168 valence electrons. The van der Waals surface area contributed by atoms with Gasteiger partial charge in [0.15, 0.2) is 5.16 Å². The summed E-state index contributed by atoms with van der Waals surface area (Å²) < 4.78 is 2.16. The molecular weight excluding hydrogens is 456 g/mol. The molecule has 2 amide bonds. The molecule has 33 heavy (non-hydrogen) atoms. The number of rotatable bonds is 6. The number of aromatic nitrogens is 2. The molecule has 2 aromatic heterocycles. The van der Waals surface area contributed by atoms with E-state index >= 15 is 0 Å². The van der Waals surface area contributed by atoms with Crippen molar-refractivity contribution in [2.45, 2.75) is 25.9 Å². The van der Waals surface area contributed by atoms with Gasteiger partial charge in [-0.1, -0.05) is 17.8 Å². The third kappa shape index (κ3) is 5.15. The molecule has 0 spiro atoms. The highest BCUT2D eigenvalue weighted by Gasteiger charge is 2.16. The van der Waals surface area contributed by atoms with Crippen molar-refractivity contribution >= 4 is 56.5 Å². The van der Waals surface area contributed by atoms with Crippen molar-refractivity contribution < 1.29 is 9.59 Å². The summed E-state index contributed by atoms with van der Waals surface area (Å²) in [6.07, 6.45) is 0. The van der Waals surface area contributed by atoms with Gasteiger partial charge in [0.05, 0.1) is 17.0 Å². The maximum Gasteiger partial charge on any atom is 0.276 e. The number of hydrogen-bond acceptors (Lipinski definition) is 6. The fraction of sp³-hybridized carbons (Fsp3) is 0.167. The van der Waals surface area contributed by atoms with Crippen molar-refractivity contribution in [1.82, 2.24) is 9.55 Å². The van der Waals surface area contributed by atoms with E-state index in [2.05, 4.69) is 15.6 Å². The summed E-state index contributed by atoms with van der Waals surface area (Å²) in [4.78, 5) is 41.6. The van der Waals surface area contributed by atoms with Crippen LogP contribution in [-0.4, -0.2) is 27.1 Å². The molecule has 2 aromatic carbocycles. The number of amides is 2. The monoisotopic (exact) mass is 478 g/mol. The minimum Gasteiger partial charge on any atom is -0.326 e. The largest absolute Gasteiger partial charge is 0.326 e. The molecule has 4 rings (SSSR count). The molecule has 4 aromatic rings. The van der Waals surface area contributed by atoms with Gasteiger partial charge in [-0.3, -0.25) is 19.0 Å². The van der Waals surface area contributed by atoms with Crippen molar-refractivity contribution in [3.63, 3.8) is 0 Å². The van der Waals surface area contributed by atoms with Gasteiger partial charge in [-0.15, -0.1) is 11.3 Å². The lowest BCUT2D eigenvalue weighted by molar-refractivity contribution is -0.114. The van der Waals surface area contributed by atoms with Crippen molar-refractivity contribution in [1.29, 1.82) is 0 Å². The van der Waals surface area contributed by atoms with Crippen molar-refractivity contribution in [3.05, 3.63) is 75.4 Å². The minimum atomic E-state index is -0.224. The standard InChI is InChI=1S/C24H22N4O3S2/c1-14-4-9-19(12-15(14)2)28-23(31)22-20(10-11-32-22)27-24(28)33-13-21(30)26-18-7-5-17(6-8-18)25-16(3)29/h4-12H,13H2,1-3H3,(H,25,29)(H,26,30). The second kappa shape index (κ2) is 9.60. The average molecular weight is 479 g/mol. The van der Waals surface area contributed by atoms with Gasteiger partial charge < -0.3 is 10.6 Å². The van der Waals surface area contributed by atoms with E-state index in [1.807, 2.05) is 43.5 Å². The minimum absolute atomic E-state index is 0.0837. The fourth-order valence-corrected chi connectivity index (χ4v) is 4.82.